The van der Waals surface area contributed by atoms with Gasteiger partial charge in [-0.15, -0.1) is 0 Å². The van der Waals surface area contributed by atoms with Gasteiger partial charge >= 0.3 is 10.1 Å². The topological polar surface area (TPSA) is 93.7 Å². The standard InChI is InChI=1S/2CHNO.Be/c2*2-1-3;/h2*3H;/q;;+2/p-2. The number of nitrogens with zero attached hydrogens (tertiary/aromatic N) is 2. The minimum absolute atomic E-state index is 0. The van der Waals surface area contributed by atoms with E-state index in [0.29, 0.717) is 12.5 Å². The van der Waals surface area contributed by atoms with E-state index in [1.165, 1.54) is 0 Å². The molecule has 0 aliphatic heterocycles. The van der Waals surface area contributed by atoms with Gasteiger partial charge < -0.3 is 10.2 Å². The molecule has 0 unspecified atom stereocenters. The van der Waals surface area contributed by atoms with E-state index in [2.05, 4.69) is 0 Å². The zero-order valence-corrected chi connectivity index (χ0v) is 3.42. The van der Waals surface area contributed by atoms with Crippen LogP contribution in [-0.4, -0.2) is 10.1 Å². The maximum absolute atomic E-state index is 8.24. The Bertz CT molecular complexity index is 68.7. The first-order valence-electron chi connectivity index (χ1n) is 0.855. The zero-order valence-electron chi connectivity index (χ0n) is 3.42. The quantitative estimate of drug-likeness (QED) is 0.240. The summed E-state index contributed by atoms with van der Waals surface area (Å²) in [6.07, 6.45) is 1.00. The molecule has 4 nitrogen and oxygen atoms in total. The van der Waals surface area contributed by atoms with Crippen molar-refractivity contribution in [3.05, 3.63) is 0 Å². The van der Waals surface area contributed by atoms with Gasteiger partial charge in [0.05, 0.1) is 0 Å². The molecule has 0 saturated carbocycles. The maximum atomic E-state index is 8.24. The molecule has 0 amide bonds. The average molecular weight is 93.0 g/mol. The Kier molecular flexibility index (Phi) is 292. The van der Waals surface area contributed by atoms with Crippen molar-refractivity contribution in [3.8, 4) is 12.5 Å². The molecule has 32 valence electrons. The van der Waals surface area contributed by atoms with E-state index < -0.39 is 0 Å². The van der Waals surface area contributed by atoms with E-state index in [1.54, 1.807) is 0 Å². The zero-order chi connectivity index (χ0) is 5.41. The average Bonchev–Trinajstić information content (AvgIpc) is 1.39. The molecule has 0 saturated heterocycles. The predicted octanol–water partition coefficient (Wildman–Crippen LogP) is -2.73. The molecule has 0 heterocycles. The van der Waals surface area contributed by atoms with E-state index in [4.69, 9.17) is 20.7 Å². The van der Waals surface area contributed by atoms with E-state index in [0.717, 1.165) is 0 Å². The van der Waals surface area contributed by atoms with Gasteiger partial charge in [-0.05, 0) is 0 Å². The Morgan fingerprint density at radius 3 is 1.00 bits per heavy atom. The second-order valence-electron chi connectivity index (χ2n) is 0.183. The van der Waals surface area contributed by atoms with Gasteiger partial charge in [0.1, 0.15) is 0 Å². The van der Waals surface area contributed by atoms with Crippen molar-refractivity contribution in [3.63, 3.8) is 0 Å². The normalized spacial score (nSPS) is 2.00. The minimum Gasteiger partial charge on any atom is -0.812 e. The molecule has 0 aromatic heterocycles. The fraction of sp³-hybridized carbons (Fsp3) is 0. The van der Waals surface area contributed by atoms with Gasteiger partial charge in [-0.1, -0.05) is 0 Å². The van der Waals surface area contributed by atoms with Gasteiger partial charge in [0, 0.05) is 12.5 Å². The van der Waals surface area contributed by atoms with E-state index in [-0.39, 0.29) is 10.1 Å². The first-order chi connectivity index (χ1) is 2.83. The van der Waals surface area contributed by atoms with Crippen LogP contribution < -0.4 is 10.2 Å². The van der Waals surface area contributed by atoms with Crippen LogP contribution in [0.2, 0.25) is 0 Å². The van der Waals surface area contributed by atoms with E-state index in [9.17, 15) is 0 Å². The van der Waals surface area contributed by atoms with Crippen molar-refractivity contribution < 1.29 is 10.2 Å². The molecule has 7 heavy (non-hydrogen) atoms. The molecule has 0 rings (SSSR count). The third-order valence-corrected chi connectivity index (χ3v) is 0. The molecular weight excluding hydrogens is 93.0 g/mol. The number of rotatable bonds is 0. The number of hydrogen-bond acceptors (Lipinski definition) is 4. The molecule has 0 aliphatic rings. The second kappa shape index (κ2) is 119. The summed E-state index contributed by atoms with van der Waals surface area (Å²) in [6.45, 7) is 0. The van der Waals surface area contributed by atoms with Gasteiger partial charge in [-0.2, -0.15) is 0 Å². The monoisotopic (exact) mass is 93.0 g/mol. The van der Waals surface area contributed by atoms with Crippen LogP contribution in [0.1, 0.15) is 0 Å². The van der Waals surface area contributed by atoms with Crippen LogP contribution in [0.5, 0.6) is 0 Å². The Labute approximate surface area is 44.4 Å². The molecule has 0 atom stereocenters. The van der Waals surface area contributed by atoms with Crippen LogP contribution in [0.25, 0.3) is 0 Å². The SMILES string of the molecule is N#C[O-].N#C[O-].[Be+2]. The van der Waals surface area contributed by atoms with Crippen molar-refractivity contribution in [2.24, 2.45) is 0 Å². The van der Waals surface area contributed by atoms with Gasteiger partial charge in [0.2, 0.25) is 0 Å². The summed E-state index contributed by atoms with van der Waals surface area (Å²) >= 11 is 0. The molecule has 0 bridgehead atoms. The van der Waals surface area contributed by atoms with Crippen LogP contribution in [0.3, 0.4) is 0 Å². The smallest absolute Gasteiger partial charge is 0.812 e. The summed E-state index contributed by atoms with van der Waals surface area (Å²) in [5.74, 6) is 0. The molecule has 0 N–H and O–H groups in total. The molecule has 0 radical (unpaired) electrons. The molecule has 5 heteroatoms. The molecule has 0 fully saturated rings. The summed E-state index contributed by atoms with van der Waals surface area (Å²) in [5.41, 5.74) is 0. The van der Waals surface area contributed by atoms with E-state index in [1.807, 2.05) is 0 Å². The summed E-state index contributed by atoms with van der Waals surface area (Å²) in [7, 11) is 0. The van der Waals surface area contributed by atoms with Crippen molar-refractivity contribution in [2.75, 3.05) is 0 Å². The predicted molar refractivity (Wildman–Crippen MR) is 17.0 cm³/mol. The van der Waals surface area contributed by atoms with Crippen LogP contribution in [-0.2, 0) is 0 Å². The fourth-order valence-corrected chi connectivity index (χ4v) is 0. The second-order valence-corrected chi connectivity index (χ2v) is 0.183. The van der Waals surface area contributed by atoms with Crippen molar-refractivity contribution in [1.82, 2.24) is 0 Å². The first-order valence-corrected chi connectivity index (χ1v) is 0.855. The first kappa shape index (κ1) is 17.2. The summed E-state index contributed by atoms with van der Waals surface area (Å²) in [5, 5.41) is 30.0. The Morgan fingerprint density at radius 2 is 1.00 bits per heavy atom. The minimum atomic E-state index is 0. The third kappa shape index (κ3) is 22.9. The van der Waals surface area contributed by atoms with Crippen molar-refractivity contribution in [1.29, 1.82) is 10.5 Å². The molecule has 0 aliphatic carbocycles. The van der Waals surface area contributed by atoms with Crippen LogP contribution in [0.4, 0.5) is 0 Å². The third-order valence-electron chi connectivity index (χ3n) is 0. The molecule has 0 aromatic rings. The number of nitriles is 2. The van der Waals surface area contributed by atoms with Crippen LogP contribution in [0.15, 0.2) is 0 Å². The van der Waals surface area contributed by atoms with Gasteiger partial charge in [-0.3, -0.25) is 0 Å². The van der Waals surface area contributed by atoms with Crippen molar-refractivity contribution >= 4 is 10.1 Å². The van der Waals surface area contributed by atoms with Gasteiger partial charge in [-0.25, -0.2) is 10.5 Å². The molecule has 0 aromatic carbocycles. The van der Waals surface area contributed by atoms with Crippen molar-refractivity contribution in [2.45, 2.75) is 0 Å². The summed E-state index contributed by atoms with van der Waals surface area (Å²) < 4.78 is 0. The van der Waals surface area contributed by atoms with Crippen LogP contribution >= 0.6 is 0 Å². The molecule has 0 spiro atoms. The van der Waals surface area contributed by atoms with Crippen LogP contribution in [0, 0.1) is 23.0 Å². The maximum Gasteiger partial charge on any atom is 2.00 e. The largest absolute Gasteiger partial charge is 2.00 e. The summed E-state index contributed by atoms with van der Waals surface area (Å²) in [4.78, 5) is 0. The molecular formula is C2BeN2O2. The Morgan fingerprint density at radius 1 is 1.00 bits per heavy atom. The Balaban J connectivity index is -0.0000000400. The number of hydrogen-bond donors (Lipinski definition) is 0. The van der Waals surface area contributed by atoms with E-state index >= 15 is 0 Å². The Hall–Kier alpha value is -1.25. The summed E-state index contributed by atoms with van der Waals surface area (Å²) in [6, 6.07) is 0. The fourth-order valence-electron chi connectivity index (χ4n) is 0. The van der Waals surface area contributed by atoms with Gasteiger partial charge in [0.25, 0.3) is 0 Å². The van der Waals surface area contributed by atoms with Gasteiger partial charge in [0.15, 0.2) is 0 Å².